The van der Waals surface area contributed by atoms with Gasteiger partial charge in [0.05, 0.1) is 0 Å². The van der Waals surface area contributed by atoms with Crippen molar-refractivity contribution in [1.29, 1.82) is 0 Å². The van der Waals surface area contributed by atoms with E-state index in [4.69, 9.17) is 0 Å². The molecule has 0 spiro atoms. The number of benzene rings is 6. The summed E-state index contributed by atoms with van der Waals surface area (Å²) in [5.74, 6) is 0. The average Bonchev–Trinajstić information content (AvgIpc) is 3.63. The third-order valence-corrected chi connectivity index (χ3v) is 16.4. The first-order valence-corrected chi connectivity index (χ1v) is 24.2. The van der Waals surface area contributed by atoms with E-state index in [-0.39, 0.29) is 28.4 Å². The van der Waals surface area contributed by atoms with Gasteiger partial charge in [-0.25, -0.2) is 0 Å². The van der Waals surface area contributed by atoms with E-state index in [2.05, 4.69) is 207 Å². The van der Waals surface area contributed by atoms with Crippen molar-refractivity contribution in [3.05, 3.63) is 165 Å². The minimum Gasteiger partial charge on any atom is -0.311 e. The molecular formula is C59H61BN2S. The van der Waals surface area contributed by atoms with Gasteiger partial charge < -0.3 is 9.80 Å². The molecule has 0 N–H and O–H groups in total. The topological polar surface area (TPSA) is 6.48 Å². The van der Waals surface area contributed by atoms with Crippen molar-refractivity contribution in [2.24, 2.45) is 0 Å². The Morgan fingerprint density at radius 2 is 1.16 bits per heavy atom. The number of allylic oxidation sites excluding steroid dienone is 1. The number of nitrogens with zero attached hydrogens (tertiary/aromatic N) is 2. The predicted molar refractivity (Wildman–Crippen MR) is 275 cm³/mol. The van der Waals surface area contributed by atoms with Crippen molar-refractivity contribution in [2.45, 2.75) is 124 Å². The monoisotopic (exact) mass is 840 g/mol. The maximum Gasteiger partial charge on any atom is 0.252 e. The second-order valence-electron chi connectivity index (χ2n) is 22.5. The van der Waals surface area contributed by atoms with Crippen LogP contribution in [0.3, 0.4) is 0 Å². The van der Waals surface area contributed by atoms with Gasteiger partial charge in [0.25, 0.3) is 6.71 Å². The highest BCUT2D eigenvalue weighted by Crippen LogP contribution is 2.51. The fourth-order valence-electron chi connectivity index (χ4n) is 11.4. The van der Waals surface area contributed by atoms with Gasteiger partial charge in [0.1, 0.15) is 0 Å². The summed E-state index contributed by atoms with van der Waals surface area (Å²) in [5, 5.41) is 1.42. The smallest absolute Gasteiger partial charge is 0.252 e. The Kier molecular flexibility index (Phi) is 8.89. The molecule has 1 aromatic heterocycles. The molecule has 2 aliphatic heterocycles. The maximum absolute atomic E-state index is 2.63. The minimum absolute atomic E-state index is 0.000578. The van der Waals surface area contributed by atoms with Crippen LogP contribution < -0.4 is 26.2 Å². The zero-order chi connectivity index (χ0) is 44.0. The average molecular weight is 841 g/mol. The summed E-state index contributed by atoms with van der Waals surface area (Å²) < 4.78 is 1.39. The quantitative estimate of drug-likeness (QED) is 0.164. The third-order valence-electron chi connectivity index (χ3n) is 15.2. The summed E-state index contributed by atoms with van der Waals surface area (Å²) in [6.45, 7) is 26.3. The van der Waals surface area contributed by atoms with Crippen LogP contribution in [0.5, 0.6) is 0 Å². The van der Waals surface area contributed by atoms with E-state index in [1.54, 1.807) is 0 Å². The van der Waals surface area contributed by atoms with Crippen LogP contribution in [-0.4, -0.2) is 6.71 Å². The van der Waals surface area contributed by atoms with Gasteiger partial charge >= 0.3 is 0 Å². The molecule has 63 heavy (non-hydrogen) atoms. The maximum atomic E-state index is 2.63. The number of hydrogen-bond donors (Lipinski definition) is 0. The van der Waals surface area contributed by atoms with Gasteiger partial charge in [0.15, 0.2) is 0 Å². The molecule has 0 amide bonds. The number of hydrogen-bond acceptors (Lipinski definition) is 3. The highest BCUT2D eigenvalue weighted by molar-refractivity contribution is 7.20. The third kappa shape index (κ3) is 6.33. The number of anilines is 6. The van der Waals surface area contributed by atoms with Crippen molar-refractivity contribution in [1.82, 2.24) is 0 Å². The van der Waals surface area contributed by atoms with Gasteiger partial charge in [-0.2, -0.15) is 0 Å². The van der Waals surface area contributed by atoms with Crippen LogP contribution in [0.25, 0.3) is 15.7 Å². The lowest BCUT2D eigenvalue weighted by Gasteiger charge is -2.46. The van der Waals surface area contributed by atoms with Crippen LogP contribution in [0.1, 0.15) is 132 Å². The second-order valence-corrected chi connectivity index (χ2v) is 23.5. The molecule has 7 aromatic rings. The Morgan fingerprint density at radius 1 is 0.587 bits per heavy atom. The van der Waals surface area contributed by atoms with Gasteiger partial charge in [-0.1, -0.05) is 136 Å². The molecule has 0 fully saturated rings. The van der Waals surface area contributed by atoms with Crippen molar-refractivity contribution < 1.29 is 0 Å². The van der Waals surface area contributed by atoms with Crippen LogP contribution in [0.15, 0.2) is 121 Å². The molecule has 6 aromatic carbocycles. The molecular weight excluding hydrogens is 780 g/mol. The molecule has 0 atom stereocenters. The van der Waals surface area contributed by atoms with E-state index in [1.807, 2.05) is 11.3 Å². The summed E-state index contributed by atoms with van der Waals surface area (Å²) >= 11 is 1.95. The molecule has 316 valence electrons. The number of thiophene rings is 1. The highest BCUT2D eigenvalue weighted by Gasteiger charge is 2.45. The fraction of sp³-hybridized carbons (Fsp3) is 0.322. The first kappa shape index (κ1) is 40.5. The van der Waals surface area contributed by atoms with Crippen molar-refractivity contribution in [3.63, 3.8) is 0 Å². The highest BCUT2D eigenvalue weighted by atomic mass is 32.1. The second kappa shape index (κ2) is 13.8. The largest absolute Gasteiger partial charge is 0.311 e. The number of fused-ring (bicyclic) bond motifs is 8. The summed E-state index contributed by atoms with van der Waals surface area (Å²) in [6.07, 6.45) is 7.05. The van der Waals surface area contributed by atoms with E-state index in [9.17, 15) is 0 Å². The van der Waals surface area contributed by atoms with Crippen LogP contribution >= 0.6 is 11.3 Å². The molecule has 3 heterocycles. The first-order valence-electron chi connectivity index (χ1n) is 23.4. The number of rotatable bonds is 3. The molecule has 0 bridgehead atoms. The lowest BCUT2D eigenvalue weighted by Crippen LogP contribution is -2.61. The van der Waals surface area contributed by atoms with Crippen molar-refractivity contribution >= 4 is 84.2 Å². The summed E-state index contributed by atoms with van der Waals surface area (Å²) in [6, 6.07) is 45.6. The van der Waals surface area contributed by atoms with E-state index in [0.29, 0.717) is 0 Å². The molecule has 2 aliphatic carbocycles. The van der Waals surface area contributed by atoms with Gasteiger partial charge in [-0.15, -0.1) is 11.3 Å². The van der Waals surface area contributed by atoms with Gasteiger partial charge in [-0.05, 0) is 175 Å². The first-order chi connectivity index (χ1) is 29.9. The van der Waals surface area contributed by atoms with E-state index >= 15 is 0 Å². The van der Waals surface area contributed by atoms with Gasteiger partial charge in [0.2, 0.25) is 0 Å². The molecule has 11 rings (SSSR count). The van der Waals surface area contributed by atoms with E-state index < -0.39 is 0 Å². The van der Waals surface area contributed by atoms with Gasteiger partial charge in [0, 0.05) is 43.7 Å². The standard InChI is InChI=1S/C59H61BN2S/c1-36-31-51-54-52(32-36)62(41-25-26-45-46(35-41)59(10,11)30-29-58(45,8)9)50-28-22-39(57(5,6)7)34-48(50)60(54)47-33-38(56(2,3)4)21-27-49(47)61(51)40-23-19-37(20-24-40)42-16-14-17-44-43-15-12-13-18-53(43)63-55(42)44/h12-13,15-16,18-28,31-35H,14,17,29-30H2,1-11H3. The fourth-order valence-corrected chi connectivity index (χ4v) is 12.7. The molecule has 0 radical (unpaired) electrons. The van der Waals surface area contributed by atoms with Crippen LogP contribution in [0.4, 0.5) is 34.1 Å². The molecule has 4 heteroatoms. The Morgan fingerprint density at radius 3 is 1.78 bits per heavy atom. The Labute approximate surface area is 380 Å². The predicted octanol–water partition coefficient (Wildman–Crippen LogP) is 14.6. The molecule has 0 saturated carbocycles. The normalized spacial score (nSPS) is 17.1. The van der Waals surface area contributed by atoms with E-state index in [0.717, 1.165) is 12.8 Å². The zero-order valence-corrected chi connectivity index (χ0v) is 40.1. The van der Waals surface area contributed by atoms with Crippen LogP contribution in [0, 0.1) is 6.92 Å². The summed E-state index contributed by atoms with van der Waals surface area (Å²) in [5.41, 5.74) is 23.2. The lowest BCUT2D eigenvalue weighted by molar-refractivity contribution is 0.332. The van der Waals surface area contributed by atoms with Crippen molar-refractivity contribution in [3.8, 4) is 0 Å². The van der Waals surface area contributed by atoms with Crippen LogP contribution in [-0.2, 0) is 28.1 Å². The molecule has 4 aliphatic rings. The molecule has 2 nitrogen and oxygen atoms in total. The Balaban J connectivity index is 1.14. The van der Waals surface area contributed by atoms with E-state index in [1.165, 1.54) is 123 Å². The lowest BCUT2D eigenvalue weighted by atomic mass is 9.33. The summed E-state index contributed by atoms with van der Waals surface area (Å²) in [4.78, 5) is 6.65. The Hall–Kier alpha value is -5.32. The SMILES string of the molecule is Cc1cc2c3c(c1)N(c1ccc4c(c1)C(C)(C)CCC4(C)C)c1ccc(C(C)(C)C)cc1B3c1cc(C(C)(C)C)ccc1N2c1ccc(C2=CCCc3c2sc2ccccc32)cc1. The number of aryl methyl sites for hydroxylation is 2. The molecule has 0 saturated heterocycles. The molecule has 0 unspecified atom stereocenters. The Bertz CT molecular complexity index is 3050. The summed E-state index contributed by atoms with van der Waals surface area (Å²) in [7, 11) is 0. The zero-order valence-electron chi connectivity index (χ0n) is 39.3. The van der Waals surface area contributed by atoms with Crippen molar-refractivity contribution in [2.75, 3.05) is 9.80 Å². The van der Waals surface area contributed by atoms with Crippen LogP contribution in [0.2, 0.25) is 0 Å². The van der Waals surface area contributed by atoms with Gasteiger partial charge in [-0.3, -0.25) is 0 Å². The minimum atomic E-state index is -0.00242.